The maximum atomic E-state index is 12.7. The van der Waals surface area contributed by atoms with Crippen LogP contribution in [0.2, 0.25) is 0 Å². The summed E-state index contributed by atoms with van der Waals surface area (Å²) < 4.78 is 6.81. The predicted molar refractivity (Wildman–Crippen MR) is 91.2 cm³/mol. The number of likely N-dealkylation sites (tertiary alicyclic amines) is 1. The van der Waals surface area contributed by atoms with Gasteiger partial charge in [0.1, 0.15) is 6.10 Å². The minimum atomic E-state index is 0.0560. The molecule has 4 rings (SSSR count). The Hall–Kier alpha value is -2.54. The second-order valence-corrected chi connectivity index (χ2v) is 6.56. The summed E-state index contributed by atoms with van der Waals surface area (Å²) in [6, 6.07) is 7.84. The van der Waals surface area contributed by atoms with Crippen LogP contribution in [0, 0.1) is 0 Å². The number of nitrogens with zero attached hydrogens (tertiary/aromatic N) is 4. The Kier molecular flexibility index (Phi) is 4.08. The van der Waals surface area contributed by atoms with E-state index in [1.165, 1.54) is 0 Å². The lowest BCUT2D eigenvalue weighted by molar-refractivity contribution is 0.0579. The molecule has 0 spiro atoms. The predicted octanol–water partition coefficient (Wildman–Crippen LogP) is 2.77. The third-order valence-electron chi connectivity index (χ3n) is 4.12. The molecule has 3 heterocycles. The molecular formula is C17H16N4O2S. The topological polar surface area (TPSA) is 68.2 Å². The number of thiazole rings is 1. The molecule has 2 aromatic heterocycles. The summed E-state index contributed by atoms with van der Waals surface area (Å²) in [6.45, 7) is 1.36. The molecule has 1 aromatic carbocycles. The number of rotatable bonds is 3. The van der Waals surface area contributed by atoms with Gasteiger partial charge in [0.25, 0.3) is 5.91 Å². The standard InChI is InChI=1S/C17H16N4O2S/c22-16(12-2-3-14-15(10-12)24-11-20-14)21-8-4-13(5-9-21)23-17-18-6-1-7-19-17/h1-3,6-7,10-11,13H,4-5,8-9H2. The number of piperidine rings is 1. The van der Waals surface area contributed by atoms with E-state index in [9.17, 15) is 4.79 Å². The van der Waals surface area contributed by atoms with Gasteiger partial charge >= 0.3 is 6.01 Å². The van der Waals surface area contributed by atoms with E-state index in [-0.39, 0.29) is 12.0 Å². The Morgan fingerprint density at radius 2 is 1.96 bits per heavy atom. The number of hydrogen-bond acceptors (Lipinski definition) is 6. The lowest BCUT2D eigenvalue weighted by Gasteiger charge is -2.31. The van der Waals surface area contributed by atoms with Crippen molar-refractivity contribution in [3.05, 3.63) is 47.7 Å². The summed E-state index contributed by atoms with van der Waals surface area (Å²) in [5, 5.41) is 0. The first-order valence-electron chi connectivity index (χ1n) is 7.86. The monoisotopic (exact) mass is 340 g/mol. The number of benzene rings is 1. The molecule has 0 bridgehead atoms. The van der Waals surface area contributed by atoms with E-state index >= 15 is 0 Å². The zero-order valence-corrected chi connectivity index (χ0v) is 13.8. The Morgan fingerprint density at radius 1 is 1.17 bits per heavy atom. The van der Waals surface area contributed by atoms with Gasteiger partial charge in [0.15, 0.2) is 0 Å². The third kappa shape index (κ3) is 3.07. The van der Waals surface area contributed by atoms with Crippen LogP contribution in [-0.2, 0) is 0 Å². The van der Waals surface area contributed by atoms with Crippen LogP contribution in [0.5, 0.6) is 6.01 Å². The van der Waals surface area contributed by atoms with Crippen LogP contribution in [0.15, 0.2) is 42.2 Å². The van der Waals surface area contributed by atoms with Crippen LogP contribution in [0.4, 0.5) is 0 Å². The summed E-state index contributed by atoms with van der Waals surface area (Å²) in [4.78, 5) is 27.0. The van der Waals surface area contributed by atoms with E-state index in [1.807, 2.05) is 23.1 Å². The second-order valence-electron chi connectivity index (χ2n) is 5.68. The van der Waals surface area contributed by atoms with Crippen molar-refractivity contribution in [3.8, 4) is 6.01 Å². The molecule has 122 valence electrons. The van der Waals surface area contributed by atoms with Gasteiger partial charge in [0.05, 0.1) is 15.7 Å². The van der Waals surface area contributed by atoms with E-state index in [2.05, 4.69) is 15.0 Å². The summed E-state index contributed by atoms with van der Waals surface area (Å²) in [6.07, 6.45) is 4.95. The van der Waals surface area contributed by atoms with Gasteiger partial charge in [-0.15, -0.1) is 11.3 Å². The maximum Gasteiger partial charge on any atom is 0.316 e. The highest BCUT2D eigenvalue weighted by Gasteiger charge is 2.25. The first kappa shape index (κ1) is 15.0. The molecule has 1 saturated heterocycles. The highest BCUT2D eigenvalue weighted by atomic mass is 32.1. The molecule has 0 radical (unpaired) electrons. The number of hydrogen-bond donors (Lipinski definition) is 0. The maximum absolute atomic E-state index is 12.7. The van der Waals surface area contributed by atoms with Crippen LogP contribution < -0.4 is 4.74 Å². The average molecular weight is 340 g/mol. The molecule has 7 heteroatoms. The molecular weight excluding hydrogens is 324 g/mol. The minimum absolute atomic E-state index is 0.0560. The second kappa shape index (κ2) is 6.52. The van der Waals surface area contributed by atoms with Crippen molar-refractivity contribution in [3.63, 3.8) is 0 Å². The molecule has 24 heavy (non-hydrogen) atoms. The molecule has 0 N–H and O–H groups in total. The quantitative estimate of drug-likeness (QED) is 0.733. The largest absolute Gasteiger partial charge is 0.460 e. The Labute approximate surface area is 143 Å². The molecule has 6 nitrogen and oxygen atoms in total. The third-order valence-corrected chi connectivity index (χ3v) is 4.91. The van der Waals surface area contributed by atoms with Gasteiger partial charge in [-0.2, -0.15) is 0 Å². The van der Waals surface area contributed by atoms with Crippen LogP contribution in [0.25, 0.3) is 10.2 Å². The lowest BCUT2D eigenvalue weighted by atomic mass is 10.1. The van der Waals surface area contributed by atoms with Crippen molar-refractivity contribution < 1.29 is 9.53 Å². The molecule has 0 atom stereocenters. The van der Waals surface area contributed by atoms with Gasteiger partial charge in [-0.3, -0.25) is 4.79 Å². The normalized spacial score (nSPS) is 15.6. The van der Waals surface area contributed by atoms with E-state index in [1.54, 1.807) is 35.3 Å². The van der Waals surface area contributed by atoms with Crippen LogP contribution in [0.1, 0.15) is 23.2 Å². The fraction of sp³-hybridized carbons (Fsp3) is 0.294. The van der Waals surface area contributed by atoms with Crippen molar-refractivity contribution >= 4 is 27.5 Å². The Morgan fingerprint density at radius 3 is 2.75 bits per heavy atom. The molecule has 1 aliphatic rings. The van der Waals surface area contributed by atoms with Gasteiger partial charge in [-0.1, -0.05) is 0 Å². The first-order valence-corrected chi connectivity index (χ1v) is 8.74. The summed E-state index contributed by atoms with van der Waals surface area (Å²) in [5.41, 5.74) is 3.46. The summed E-state index contributed by atoms with van der Waals surface area (Å²) in [5.74, 6) is 0.0692. The zero-order valence-electron chi connectivity index (χ0n) is 13.0. The molecule has 0 saturated carbocycles. The number of ether oxygens (including phenoxy) is 1. The number of carbonyl (C=O) groups is 1. The van der Waals surface area contributed by atoms with Crippen LogP contribution >= 0.6 is 11.3 Å². The van der Waals surface area contributed by atoms with Crippen molar-refractivity contribution in [2.24, 2.45) is 0 Å². The van der Waals surface area contributed by atoms with Gasteiger partial charge in [0.2, 0.25) is 0 Å². The van der Waals surface area contributed by atoms with Crippen molar-refractivity contribution in [1.29, 1.82) is 0 Å². The van der Waals surface area contributed by atoms with Crippen molar-refractivity contribution in [2.75, 3.05) is 13.1 Å². The smallest absolute Gasteiger partial charge is 0.316 e. The van der Waals surface area contributed by atoms with E-state index in [0.29, 0.717) is 19.1 Å². The van der Waals surface area contributed by atoms with E-state index < -0.39 is 0 Å². The fourth-order valence-corrected chi connectivity index (χ4v) is 3.56. The average Bonchev–Trinajstić information content (AvgIpc) is 3.10. The number of carbonyl (C=O) groups excluding carboxylic acids is 1. The molecule has 1 aliphatic heterocycles. The molecule has 1 amide bonds. The Balaban J connectivity index is 1.39. The van der Waals surface area contributed by atoms with Gasteiger partial charge < -0.3 is 9.64 Å². The molecule has 3 aromatic rings. The SMILES string of the molecule is O=C(c1ccc2ncsc2c1)N1CCC(Oc2ncccn2)CC1. The van der Waals surface area contributed by atoms with E-state index in [0.717, 1.165) is 28.6 Å². The zero-order chi connectivity index (χ0) is 16.4. The van der Waals surface area contributed by atoms with Crippen LogP contribution in [-0.4, -0.2) is 45.0 Å². The first-order chi connectivity index (χ1) is 11.8. The highest BCUT2D eigenvalue weighted by Crippen LogP contribution is 2.22. The molecule has 0 aliphatic carbocycles. The number of fused-ring (bicyclic) bond motifs is 1. The molecule has 1 fully saturated rings. The van der Waals surface area contributed by atoms with Crippen molar-refractivity contribution in [2.45, 2.75) is 18.9 Å². The van der Waals surface area contributed by atoms with Gasteiger partial charge in [-0.05, 0) is 24.3 Å². The van der Waals surface area contributed by atoms with E-state index in [4.69, 9.17) is 4.74 Å². The van der Waals surface area contributed by atoms with Crippen LogP contribution in [0.3, 0.4) is 0 Å². The van der Waals surface area contributed by atoms with Crippen molar-refractivity contribution in [1.82, 2.24) is 19.9 Å². The number of aromatic nitrogens is 3. The van der Waals surface area contributed by atoms with Gasteiger partial charge in [0, 0.05) is 43.9 Å². The highest BCUT2D eigenvalue weighted by molar-refractivity contribution is 7.16. The minimum Gasteiger partial charge on any atom is -0.460 e. The molecule has 0 unspecified atom stereocenters. The van der Waals surface area contributed by atoms with Gasteiger partial charge in [-0.25, -0.2) is 15.0 Å². The fourth-order valence-electron chi connectivity index (χ4n) is 2.84. The Bertz CT molecular complexity index is 844. The lowest BCUT2D eigenvalue weighted by Crippen LogP contribution is -2.41. The summed E-state index contributed by atoms with van der Waals surface area (Å²) in [7, 11) is 0. The summed E-state index contributed by atoms with van der Waals surface area (Å²) >= 11 is 1.55. The number of amides is 1.